The Morgan fingerprint density at radius 2 is 1.88 bits per heavy atom. The Labute approximate surface area is 187 Å². The van der Waals surface area contributed by atoms with E-state index in [1.165, 1.54) is 11.1 Å². The highest BCUT2D eigenvalue weighted by molar-refractivity contribution is 6.05. The lowest BCUT2D eigenvalue weighted by Crippen LogP contribution is -2.10. The standard InChI is InChI=1S/C27H26N2O3/c1-16-9-10-20(17(2)11-16)23-15-32-25-14-24(31-5)21(13-22(23)25)18(3)12-27(30)29-26-8-6-7-19(4)28-26/h6-15H,1-5H3,(H,28,29,30)/b18-12+. The molecule has 1 amide bonds. The highest BCUT2D eigenvalue weighted by Gasteiger charge is 2.16. The van der Waals surface area contributed by atoms with Gasteiger partial charge < -0.3 is 14.5 Å². The smallest absolute Gasteiger partial charge is 0.249 e. The molecular formula is C27H26N2O3. The van der Waals surface area contributed by atoms with Crippen LogP contribution in [0.15, 0.2) is 65.3 Å². The Kier molecular flexibility index (Phi) is 5.82. The summed E-state index contributed by atoms with van der Waals surface area (Å²) in [4.78, 5) is 16.9. The van der Waals surface area contributed by atoms with E-state index in [4.69, 9.17) is 9.15 Å². The van der Waals surface area contributed by atoms with E-state index in [2.05, 4.69) is 42.3 Å². The van der Waals surface area contributed by atoms with E-state index in [0.717, 1.165) is 38.9 Å². The van der Waals surface area contributed by atoms with E-state index in [9.17, 15) is 4.79 Å². The van der Waals surface area contributed by atoms with Crippen LogP contribution in [0, 0.1) is 20.8 Å². The minimum Gasteiger partial charge on any atom is -0.496 e. The Morgan fingerprint density at radius 1 is 1.06 bits per heavy atom. The molecule has 0 aliphatic heterocycles. The van der Waals surface area contributed by atoms with E-state index in [-0.39, 0.29) is 5.91 Å². The number of allylic oxidation sites excluding steroid dienone is 1. The van der Waals surface area contributed by atoms with Crippen LogP contribution >= 0.6 is 0 Å². The number of pyridine rings is 1. The van der Waals surface area contributed by atoms with Crippen molar-refractivity contribution in [1.29, 1.82) is 0 Å². The fourth-order valence-corrected chi connectivity index (χ4v) is 3.91. The number of amides is 1. The van der Waals surface area contributed by atoms with Crippen LogP contribution in [-0.2, 0) is 4.79 Å². The highest BCUT2D eigenvalue weighted by Crippen LogP contribution is 2.38. The van der Waals surface area contributed by atoms with Crippen molar-refractivity contribution >= 4 is 28.3 Å². The summed E-state index contributed by atoms with van der Waals surface area (Å²) >= 11 is 0. The molecule has 4 aromatic rings. The van der Waals surface area contributed by atoms with Crippen LogP contribution in [0.25, 0.3) is 27.7 Å². The van der Waals surface area contributed by atoms with Crippen LogP contribution in [0.4, 0.5) is 5.82 Å². The van der Waals surface area contributed by atoms with E-state index >= 15 is 0 Å². The monoisotopic (exact) mass is 426 g/mol. The lowest BCUT2D eigenvalue weighted by atomic mass is 9.96. The molecular weight excluding hydrogens is 400 g/mol. The maximum absolute atomic E-state index is 12.6. The Bertz CT molecular complexity index is 1350. The molecule has 5 heteroatoms. The normalized spacial score (nSPS) is 11.6. The number of methoxy groups -OCH3 is 1. The van der Waals surface area contributed by atoms with Crippen LogP contribution in [0.3, 0.4) is 0 Å². The number of fused-ring (bicyclic) bond motifs is 1. The first-order chi connectivity index (χ1) is 15.4. The van der Waals surface area contributed by atoms with Crippen LogP contribution in [0.2, 0.25) is 0 Å². The van der Waals surface area contributed by atoms with Crippen molar-refractivity contribution in [2.45, 2.75) is 27.7 Å². The van der Waals surface area contributed by atoms with Gasteiger partial charge in [-0.15, -0.1) is 0 Å². The van der Waals surface area contributed by atoms with Gasteiger partial charge in [0.25, 0.3) is 0 Å². The first-order valence-electron chi connectivity index (χ1n) is 10.5. The van der Waals surface area contributed by atoms with Crippen molar-refractivity contribution in [1.82, 2.24) is 4.98 Å². The predicted molar refractivity (Wildman–Crippen MR) is 129 cm³/mol. The second kappa shape index (κ2) is 8.71. The maximum atomic E-state index is 12.6. The molecule has 0 radical (unpaired) electrons. The zero-order chi connectivity index (χ0) is 22.8. The number of carbonyl (C=O) groups is 1. The number of nitrogens with zero attached hydrogens (tertiary/aromatic N) is 1. The Balaban J connectivity index is 1.74. The number of nitrogens with one attached hydrogen (secondary N) is 1. The number of carbonyl (C=O) groups excluding carboxylic acids is 1. The SMILES string of the molecule is COc1cc2occ(-c3ccc(C)cc3C)c2cc1/C(C)=C/C(=O)Nc1cccc(C)n1. The molecule has 0 aliphatic carbocycles. The molecule has 32 heavy (non-hydrogen) atoms. The van der Waals surface area contributed by atoms with Crippen LogP contribution in [-0.4, -0.2) is 18.0 Å². The molecule has 0 unspecified atom stereocenters. The fourth-order valence-electron chi connectivity index (χ4n) is 3.91. The topological polar surface area (TPSA) is 64.4 Å². The summed E-state index contributed by atoms with van der Waals surface area (Å²) in [7, 11) is 1.61. The molecule has 0 saturated carbocycles. The van der Waals surface area contributed by atoms with E-state index < -0.39 is 0 Å². The van der Waals surface area contributed by atoms with E-state index in [0.29, 0.717) is 11.6 Å². The quantitative estimate of drug-likeness (QED) is 0.371. The minimum absolute atomic E-state index is 0.246. The average Bonchev–Trinajstić information content (AvgIpc) is 3.15. The summed E-state index contributed by atoms with van der Waals surface area (Å²) in [5.74, 6) is 0.923. The molecule has 2 aromatic heterocycles. The summed E-state index contributed by atoms with van der Waals surface area (Å²) in [6.07, 6.45) is 3.34. The molecule has 1 N–H and O–H groups in total. The van der Waals surface area contributed by atoms with Gasteiger partial charge in [-0.2, -0.15) is 0 Å². The third-order valence-corrected chi connectivity index (χ3v) is 5.48. The number of benzene rings is 2. The molecule has 162 valence electrons. The number of ether oxygens (including phenoxy) is 1. The van der Waals surface area contributed by atoms with Crippen molar-refractivity contribution < 1.29 is 13.9 Å². The number of anilines is 1. The summed E-state index contributed by atoms with van der Waals surface area (Å²) in [6, 6.07) is 15.8. The molecule has 0 bridgehead atoms. The second-order valence-corrected chi connectivity index (χ2v) is 8.00. The number of aromatic nitrogens is 1. The summed E-state index contributed by atoms with van der Waals surface area (Å²) in [5, 5.41) is 3.79. The second-order valence-electron chi connectivity index (χ2n) is 8.00. The zero-order valence-corrected chi connectivity index (χ0v) is 18.9. The number of hydrogen-bond acceptors (Lipinski definition) is 4. The highest BCUT2D eigenvalue weighted by atomic mass is 16.5. The van der Waals surface area contributed by atoms with Crippen LogP contribution in [0.1, 0.15) is 29.3 Å². The van der Waals surface area contributed by atoms with Gasteiger partial charge in [0.2, 0.25) is 5.91 Å². The maximum Gasteiger partial charge on any atom is 0.249 e. The molecule has 4 rings (SSSR count). The Morgan fingerprint density at radius 3 is 2.59 bits per heavy atom. The number of aryl methyl sites for hydroxylation is 3. The number of hydrogen-bond donors (Lipinski definition) is 1. The van der Waals surface area contributed by atoms with Gasteiger partial charge >= 0.3 is 0 Å². The Hall–Kier alpha value is -3.86. The molecule has 0 fully saturated rings. The molecule has 5 nitrogen and oxygen atoms in total. The lowest BCUT2D eigenvalue weighted by Gasteiger charge is -2.11. The van der Waals surface area contributed by atoms with Gasteiger partial charge in [0, 0.05) is 34.3 Å². The van der Waals surface area contributed by atoms with Crippen molar-refractivity contribution in [3.8, 4) is 16.9 Å². The van der Waals surface area contributed by atoms with Crippen LogP contribution < -0.4 is 10.1 Å². The van der Waals surface area contributed by atoms with Gasteiger partial charge in [0.15, 0.2) is 0 Å². The van der Waals surface area contributed by atoms with Gasteiger partial charge in [-0.1, -0.05) is 29.8 Å². The lowest BCUT2D eigenvalue weighted by molar-refractivity contribution is -0.111. The summed E-state index contributed by atoms with van der Waals surface area (Å²) in [6.45, 7) is 7.96. The van der Waals surface area contributed by atoms with E-state index in [1.54, 1.807) is 25.5 Å². The molecule has 0 spiro atoms. The molecule has 2 heterocycles. The summed E-state index contributed by atoms with van der Waals surface area (Å²) < 4.78 is 11.4. The fraction of sp³-hybridized carbons (Fsp3) is 0.185. The van der Waals surface area contributed by atoms with Crippen LogP contribution in [0.5, 0.6) is 5.75 Å². The first kappa shape index (κ1) is 21.4. The molecule has 0 atom stereocenters. The minimum atomic E-state index is -0.246. The van der Waals surface area contributed by atoms with Gasteiger partial charge in [-0.3, -0.25) is 4.79 Å². The molecule has 0 saturated heterocycles. The van der Waals surface area contributed by atoms with Gasteiger partial charge in [-0.05, 0) is 62.6 Å². The summed E-state index contributed by atoms with van der Waals surface area (Å²) in [5.41, 5.74) is 7.73. The first-order valence-corrected chi connectivity index (χ1v) is 10.5. The largest absolute Gasteiger partial charge is 0.496 e. The van der Waals surface area contributed by atoms with Gasteiger partial charge in [-0.25, -0.2) is 4.98 Å². The van der Waals surface area contributed by atoms with Crippen molar-refractivity contribution in [3.63, 3.8) is 0 Å². The van der Waals surface area contributed by atoms with Crippen molar-refractivity contribution in [2.75, 3.05) is 12.4 Å². The molecule has 2 aromatic carbocycles. The predicted octanol–water partition coefficient (Wildman–Crippen LogP) is 6.47. The van der Waals surface area contributed by atoms with Gasteiger partial charge in [0.05, 0.1) is 13.4 Å². The van der Waals surface area contributed by atoms with Gasteiger partial charge in [0.1, 0.15) is 17.2 Å². The van der Waals surface area contributed by atoms with Crippen molar-refractivity contribution in [2.24, 2.45) is 0 Å². The zero-order valence-electron chi connectivity index (χ0n) is 18.9. The third kappa shape index (κ3) is 4.28. The average molecular weight is 427 g/mol. The van der Waals surface area contributed by atoms with Crippen molar-refractivity contribution in [3.05, 3.63) is 83.3 Å². The number of furan rings is 1. The number of rotatable bonds is 5. The molecule has 0 aliphatic rings. The van der Waals surface area contributed by atoms with E-state index in [1.807, 2.05) is 38.1 Å². The third-order valence-electron chi connectivity index (χ3n) is 5.48.